The third kappa shape index (κ3) is 5.06. The number of halogens is 1. The Kier molecular flexibility index (Phi) is 7.75. The first kappa shape index (κ1) is 27.3. The first-order chi connectivity index (χ1) is 18.7. The zero-order chi connectivity index (χ0) is 27.8. The molecule has 1 aliphatic heterocycles. The summed E-state index contributed by atoms with van der Waals surface area (Å²) in [7, 11) is 3.45. The van der Waals surface area contributed by atoms with Crippen LogP contribution < -0.4 is 5.73 Å². The Hall–Kier alpha value is -3.27. The Morgan fingerprint density at radius 2 is 1.97 bits per heavy atom. The van der Waals surface area contributed by atoms with Gasteiger partial charge in [0.15, 0.2) is 5.82 Å². The van der Waals surface area contributed by atoms with Gasteiger partial charge in [-0.3, -0.25) is 14.3 Å². The molecule has 1 aromatic carbocycles. The molecular formula is C29H39FN6O3. The third-order valence-corrected chi connectivity index (χ3v) is 8.72. The molecule has 2 fully saturated rings. The van der Waals surface area contributed by atoms with Crippen molar-refractivity contribution in [2.75, 3.05) is 27.3 Å². The molecule has 210 valence electrons. The van der Waals surface area contributed by atoms with Crippen LogP contribution in [-0.2, 0) is 16.1 Å². The summed E-state index contributed by atoms with van der Waals surface area (Å²) in [5.41, 5.74) is 8.21. The van der Waals surface area contributed by atoms with Crippen LogP contribution in [0.1, 0.15) is 85.2 Å². The molecule has 0 spiro atoms. The van der Waals surface area contributed by atoms with E-state index in [2.05, 4.69) is 17.0 Å². The summed E-state index contributed by atoms with van der Waals surface area (Å²) < 4.78 is 23.5. The highest BCUT2D eigenvalue weighted by atomic mass is 19.1. The van der Waals surface area contributed by atoms with E-state index >= 15 is 4.39 Å². The van der Waals surface area contributed by atoms with Gasteiger partial charge in [-0.1, -0.05) is 25.8 Å². The zero-order valence-electron chi connectivity index (χ0n) is 23.2. The molecule has 2 unspecified atom stereocenters. The van der Waals surface area contributed by atoms with Gasteiger partial charge in [-0.05, 0) is 49.7 Å². The minimum Gasteiger partial charge on any atom is -0.381 e. The average molecular weight is 539 g/mol. The number of aromatic nitrogens is 4. The van der Waals surface area contributed by atoms with E-state index in [0.717, 1.165) is 31.2 Å². The second-order valence-electron chi connectivity index (χ2n) is 11.4. The fraction of sp³-hybridized carbons (Fsp3) is 0.586. The van der Waals surface area contributed by atoms with E-state index in [9.17, 15) is 9.59 Å². The fourth-order valence-corrected chi connectivity index (χ4v) is 6.56. The van der Waals surface area contributed by atoms with Gasteiger partial charge in [-0.2, -0.15) is 5.10 Å². The number of rotatable bonds is 7. The summed E-state index contributed by atoms with van der Waals surface area (Å²) in [5, 5.41) is 4.45. The van der Waals surface area contributed by atoms with Crippen LogP contribution in [0, 0.1) is 23.6 Å². The van der Waals surface area contributed by atoms with E-state index in [1.807, 2.05) is 13.0 Å². The number of primary amides is 1. The average Bonchev–Trinajstić information content (AvgIpc) is 3.55. The number of nitrogens with zero attached hydrogens (tertiary/aromatic N) is 4. The molecule has 1 aliphatic carbocycles. The first-order valence-electron chi connectivity index (χ1n) is 14.0. The minimum atomic E-state index is -0.531. The van der Waals surface area contributed by atoms with Crippen LogP contribution in [0.25, 0.3) is 11.0 Å². The van der Waals surface area contributed by atoms with Crippen molar-refractivity contribution in [3.8, 4) is 0 Å². The number of amides is 2. The Morgan fingerprint density at radius 3 is 2.64 bits per heavy atom. The quantitative estimate of drug-likeness (QED) is 0.468. The molecule has 0 radical (unpaired) electrons. The molecule has 0 bridgehead atoms. The SMILES string of the molecule is CCn1ncc([C@@H](c2nc3c(F)c(C4COCCC4C(=O)N(C)C)ccc3[nH]2)C2CCC(C)CC2)c1C(N)=O. The van der Waals surface area contributed by atoms with Gasteiger partial charge < -0.3 is 20.4 Å². The van der Waals surface area contributed by atoms with E-state index in [4.69, 9.17) is 15.5 Å². The lowest BCUT2D eigenvalue weighted by Gasteiger charge is -2.32. The molecular weight excluding hydrogens is 499 g/mol. The molecule has 3 heterocycles. The molecule has 5 rings (SSSR count). The number of nitrogens with one attached hydrogen (secondary N) is 1. The summed E-state index contributed by atoms with van der Waals surface area (Å²) in [6.07, 6.45) is 6.37. The maximum absolute atomic E-state index is 16.2. The Balaban J connectivity index is 1.59. The number of hydrogen-bond donors (Lipinski definition) is 2. The van der Waals surface area contributed by atoms with Crippen molar-refractivity contribution in [2.45, 2.75) is 64.3 Å². The van der Waals surface area contributed by atoms with Crippen LogP contribution in [0.5, 0.6) is 0 Å². The highest BCUT2D eigenvalue weighted by molar-refractivity contribution is 5.93. The number of hydrogen-bond acceptors (Lipinski definition) is 5. The van der Waals surface area contributed by atoms with Crippen molar-refractivity contribution in [2.24, 2.45) is 23.5 Å². The molecule has 10 heteroatoms. The van der Waals surface area contributed by atoms with Gasteiger partial charge in [-0.25, -0.2) is 9.37 Å². The van der Waals surface area contributed by atoms with Crippen molar-refractivity contribution in [3.05, 3.63) is 46.8 Å². The van der Waals surface area contributed by atoms with Gasteiger partial charge in [-0.15, -0.1) is 0 Å². The molecule has 3 N–H and O–H groups in total. The van der Waals surface area contributed by atoms with Crippen molar-refractivity contribution in [1.82, 2.24) is 24.6 Å². The molecule has 3 atom stereocenters. The molecule has 2 aromatic heterocycles. The lowest BCUT2D eigenvalue weighted by atomic mass is 9.73. The number of fused-ring (bicyclic) bond motifs is 1. The number of aryl methyl sites for hydroxylation is 1. The Labute approximate surface area is 228 Å². The van der Waals surface area contributed by atoms with Crippen molar-refractivity contribution in [1.29, 1.82) is 0 Å². The molecule has 39 heavy (non-hydrogen) atoms. The van der Waals surface area contributed by atoms with Gasteiger partial charge in [0.1, 0.15) is 17.0 Å². The van der Waals surface area contributed by atoms with E-state index in [1.165, 1.54) is 0 Å². The largest absolute Gasteiger partial charge is 0.381 e. The van der Waals surface area contributed by atoms with Crippen molar-refractivity contribution < 1.29 is 18.7 Å². The summed E-state index contributed by atoms with van der Waals surface area (Å²) in [5.74, 6) is -0.533. The van der Waals surface area contributed by atoms with Crippen molar-refractivity contribution >= 4 is 22.8 Å². The molecule has 1 saturated carbocycles. The summed E-state index contributed by atoms with van der Waals surface area (Å²) in [6, 6.07) is 3.58. The number of aromatic amines is 1. The second-order valence-corrected chi connectivity index (χ2v) is 11.4. The van der Waals surface area contributed by atoms with Crippen LogP contribution in [0.15, 0.2) is 18.3 Å². The normalized spacial score (nSPS) is 24.5. The maximum Gasteiger partial charge on any atom is 0.267 e. The first-order valence-corrected chi connectivity index (χ1v) is 14.0. The molecule has 2 aliphatic rings. The lowest BCUT2D eigenvalue weighted by Crippen LogP contribution is -2.38. The number of imidazole rings is 1. The van der Waals surface area contributed by atoms with E-state index in [1.54, 1.807) is 35.9 Å². The van der Waals surface area contributed by atoms with Crippen LogP contribution in [0.3, 0.4) is 0 Å². The van der Waals surface area contributed by atoms with Gasteiger partial charge in [0.25, 0.3) is 5.91 Å². The summed E-state index contributed by atoms with van der Waals surface area (Å²) in [6.45, 7) is 5.46. The van der Waals surface area contributed by atoms with Crippen LogP contribution >= 0.6 is 0 Å². The highest BCUT2D eigenvalue weighted by Gasteiger charge is 2.37. The third-order valence-electron chi connectivity index (χ3n) is 8.72. The molecule has 3 aromatic rings. The lowest BCUT2D eigenvalue weighted by molar-refractivity contribution is -0.137. The minimum absolute atomic E-state index is 0.0241. The number of carbonyl (C=O) groups is 2. The fourth-order valence-electron chi connectivity index (χ4n) is 6.56. The van der Waals surface area contributed by atoms with E-state index in [-0.39, 0.29) is 35.8 Å². The second kappa shape index (κ2) is 11.1. The molecule has 2 amide bonds. The van der Waals surface area contributed by atoms with Crippen molar-refractivity contribution in [3.63, 3.8) is 0 Å². The van der Waals surface area contributed by atoms with Gasteiger partial charge in [0, 0.05) is 50.6 Å². The summed E-state index contributed by atoms with van der Waals surface area (Å²) in [4.78, 5) is 35.2. The number of carbonyl (C=O) groups excluding carboxylic acids is 2. The van der Waals surface area contributed by atoms with Crippen LogP contribution in [0.2, 0.25) is 0 Å². The van der Waals surface area contributed by atoms with Crippen LogP contribution in [0.4, 0.5) is 4.39 Å². The smallest absolute Gasteiger partial charge is 0.267 e. The zero-order valence-corrected chi connectivity index (χ0v) is 23.2. The van der Waals surface area contributed by atoms with Gasteiger partial charge in [0.2, 0.25) is 5.91 Å². The van der Waals surface area contributed by atoms with Gasteiger partial charge >= 0.3 is 0 Å². The Morgan fingerprint density at radius 1 is 1.23 bits per heavy atom. The molecule has 1 saturated heterocycles. The summed E-state index contributed by atoms with van der Waals surface area (Å²) >= 11 is 0. The number of H-pyrrole nitrogens is 1. The maximum atomic E-state index is 16.2. The monoisotopic (exact) mass is 538 g/mol. The van der Waals surface area contributed by atoms with E-state index < -0.39 is 17.6 Å². The standard InChI is InChI=1S/C29H39FN6O3/c1-5-36-26(27(31)37)20(14-32-36)23(17-8-6-16(2)7-9-17)28-33-22-11-10-18(24(30)25(22)34-28)21-15-39-13-12-19(21)29(38)35(3)4/h10-11,14,16-17,19,21,23H,5-9,12-13,15H2,1-4H3,(H2,31,37)(H,33,34)/t16?,17?,19?,21?,23-/m0/s1. The van der Waals surface area contributed by atoms with E-state index in [0.29, 0.717) is 48.1 Å². The number of nitrogens with two attached hydrogens (primary N) is 1. The topological polar surface area (TPSA) is 119 Å². The predicted octanol–water partition coefficient (Wildman–Crippen LogP) is 4.18. The van der Waals surface area contributed by atoms with Gasteiger partial charge in [0.05, 0.1) is 18.3 Å². The number of ether oxygens (including phenoxy) is 1. The highest BCUT2D eigenvalue weighted by Crippen LogP contribution is 2.43. The number of benzene rings is 1. The van der Waals surface area contributed by atoms with Crippen LogP contribution in [-0.4, -0.2) is 63.8 Å². The predicted molar refractivity (Wildman–Crippen MR) is 146 cm³/mol. The molecule has 9 nitrogen and oxygen atoms in total. The Bertz CT molecular complexity index is 1360.